The molecule has 0 aliphatic heterocycles. The van der Waals surface area contributed by atoms with Crippen LogP contribution in [0.1, 0.15) is 5.82 Å². The van der Waals surface area contributed by atoms with Crippen LogP contribution in [-0.4, -0.2) is 19.7 Å². The first kappa shape index (κ1) is 12.1. The third-order valence-electron chi connectivity index (χ3n) is 2.05. The number of nitrogens with zero attached hydrogens (tertiary/aromatic N) is 5. The van der Waals surface area contributed by atoms with Crippen LogP contribution in [0.15, 0.2) is 22.9 Å². The Kier molecular flexibility index (Phi) is 3.03. The summed E-state index contributed by atoms with van der Waals surface area (Å²) in [6, 6.07) is 3.64. The van der Waals surface area contributed by atoms with Gasteiger partial charge in [0.05, 0.1) is 9.40 Å². The van der Waals surface area contributed by atoms with E-state index < -0.39 is 10.7 Å². The van der Waals surface area contributed by atoms with E-state index in [9.17, 15) is 14.5 Å². The SMILES string of the molecule is N#Cc1ncn(-c2cc(F)c(Br)cc2[N+](=O)[O-])n1. The van der Waals surface area contributed by atoms with Gasteiger partial charge in [0.15, 0.2) is 0 Å². The molecule has 0 bridgehead atoms. The molecular formula is C9H3BrFN5O2. The van der Waals surface area contributed by atoms with E-state index in [2.05, 4.69) is 26.0 Å². The highest BCUT2D eigenvalue weighted by Crippen LogP contribution is 2.28. The van der Waals surface area contributed by atoms with Crippen molar-refractivity contribution in [2.45, 2.75) is 0 Å². The molecule has 18 heavy (non-hydrogen) atoms. The number of nitro groups is 1. The maximum atomic E-state index is 13.4. The van der Waals surface area contributed by atoms with Gasteiger partial charge in [-0.25, -0.2) is 14.1 Å². The van der Waals surface area contributed by atoms with Gasteiger partial charge < -0.3 is 0 Å². The van der Waals surface area contributed by atoms with Crippen LogP contribution < -0.4 is 0 Å². The first-order chi connectivity index (χ1) is 8.52. The summed E-state index contributed by atoms with van der Waals surface area (Å²) in [7, 11) is 0. The van der Waals surface area contributed by atoms with Crippen molar-refractivity contribution in [1.29, 1.82) is 5.26 Å². The number of aromatic nitrogens is 3. The Morgan fingerprint density at radius 3 is 2.83 bits per heavy atom. The summed E-state index contributed by atoms with van der Waals surface area (Å²) in [5.41, 5.74) is -0.452. The molecule has 0 unspecified atom stereocenters. The summed E-state index contributed by atoms with van der Waals surface area (Å²) >= 11 is 2.86. The lowest BCUT2D eigenvalue weighted by atomic mass is 10.2. The van der Waals surface area contributed by atoms with E-state index in [-0.39, 0.29) is 21.7 Å². The van der Waals surface area contributed by atoms with E-state index in [0.717, 1.165) is 23.1 Å². The lowest BCUT2D eigenvalue weighted by molar-refractivity contribution is -0.384. The third-order valence-corrected chi connectivity index (χ3v) is 2.66. The maximum absolute atomic E-state index is 13.4. The molecule has 0 radical (unpaired) electrons. The van der Waals surface area contributed by atoms with Crippen LogP contribution >= 0.6 is 15.9 Å². The summed E-state index contributed by atoms with van der Waals surface area (Å²) in [6.45, 7) is 0. The highest BCUT2D eigenvalue weighted by Gasteiger charge is 2.20. The molecule has 0 fully saturated rings. The van der Waals surface area contributed by atoms with Gasteiger partial charge in [-0.1, -0.05) is 0 Å². The predicted octanol–water partition coefficient (Wildman–Crippen LogP) is 1.95. The zero-order chi connectivity index (χ0) is 13.3. The topological polar surface area (TPSA) is 97.6 Å². The van der Waals surface area contributed by atoms with Crippen molar-refractivity contribution < 1.29 is 9.31 Å². The summed E-state index contributed by atoms with van der Waals surface area (Å²) in [5.74, 6) is -0.836. The highest BCUT2D eigenvalue weighted by atomic mass is 79.9. The van der Waals surface area contributed by atoms with E-state index in [1.54, 1.807) is 6.07 Å². The number of rotatable bonds is 2. The Morgan fingerprint density at radius 1 is 1.56 bits per heavy atom. The largest absolute Gasteiger partial charge is 0.296 e. The van der Waals surface area contributed by atoms with Crippen molar-refractivity contribution in [3.05, 3.63) is 44.7 Å². The van der Waals surface area contributed by atoms with Crippen LogP contribution in [0.25, 0.3) is 5.69 Å². The molecule has 7 nitrogen and oxygen atoms in total. The number of hydrogen-bond acceptors (Lipinski definition) is 5. The number of halogens is 2. The van der Waals surface area contributed by atoms with Gasteiger partial charge in [0.2, 0.25) is 0 Å². The first-order valence-electron chi connectivity index (χ1n) is 4.48. The second-order valence-electron chi connectivity index (χ2n) is 3.14. The summed E-state index contributed by atoms with van der Waals surface area (Å²) in [6.07, 6.45) is 1.11. The molecule has 2 aromatic rings. The molecule has 2 rings (SSSR count). The quantitative estimate of drug-likeness (QED) is 0.623. The zero-order valence-electron chi connectivity index (χ0n) is 8.54. The van der Waals surface area contributed by atoms with Crippen molar-refractivity contribution in [3.8, 4) is 11.8 Å². The molecule has 0 saturated heterocycles. The second kappa shape index (κ2) is 4.50. The maximum Gasteiger partial charge on any atom is 0.296 e. The molecule has 0 saturated carbocycles. The van der Waals surface area contributed by atoms with E-state index in [0.29, 0.717) is 0 Å². The second-order valence-corrected chi connectivity index (χ2v) is 3.99. The smallest absolute Gasteiger partial charge is 0.258 e. The van der Waals surface area contributed by atoms with Crippen molar-refractivity contribution in [2.75, 3.05) is 0 Å². The Labute approximate surface area is 108 Å². The number of hydrogen-bond donors (Lipinski definition) is 0. The van der Waals surface area contributed by atoms with Gasteiger partial charge in [0, 0.05) is 12.1 Å². The number of benzene rings is 1. The van der Waals surface area contributed by atoms with Gasteiger partial charge in [-0.15, -0.1) is 5.10 Å². The van der Waals surface area contributed by atoms with Gasteiger partial charge in [-0.2, -0.15) is 5.26 Å². The molecule has 1 heterocycles. The Hall–Kier alpha value is -2.34. The third kappa shape index (κ3) is 2.05. The van der Waals surface area contributed by atoms with Gasteiger partial charge in [0.1, 0.15) is 23.9 Å². The van der Waals surface area contributed by atoms with Gasteiger partial charge in [-0.3, -0.25) is 10.1 Å². The molecule has 0 amide bonds. The normalized spacial score (nSPS) is 10.1. The van der Waals surface area contributed by atoms with Gasteiger partial charge >= 0.3 is 0 Å². The van der Waals surface area contributed by atoms with E-state index >= 15 is 0 Å². The van der Waals surface area contributed by atoms with Crippen LogP contribution in [0.2, 0.25) is 0 Å². The van der Waals surface area contributed by atoms with Crippen molar-refractivity contribution in [2.24, 2.45) is 0 Å². The van der Waals surface area contributed by atoms with Crippen LogP contribution in [0.3, 0.4) is 0 Å². The van der Waals surface area contributed by atoms with Crippen molar-refractivity contribution in [3.63, 3.8) is 0 Å². The minimum atomic E-state index is -0.676. The van der Waals surface area contributed by atoms with Gasteiger partial charge in [0.25, 0.3) is 11.5 Å². The molecule has 9 heteroatoms. The molecular weight excluding hydrogens is 309 g/mol. The summed E-state index contributed by atoms with van der Waals surface area (Å²) < 4.78 is 14.4. The Bertz CT molecular complexity index is 678. The van der Waals surface area contributed by atoms with Gasteiger partial charge in [-0.05, 0) is 15.9 Å². The number of nitro benzene ring substituents is 1. The minimum absolute atomic E-state index is 0.0291. The standard InChI is InChI=1S/C9H3BrFN5O2/c10-5-1-8(16(17)18)7(2-6(5)11)15-4-13-9(3-12)14-15/h1-2,4H. The van der Waals surface area contributed by atoms with Crippen LogP contribution in [0.4, 0.5) is 10.1 Å². The molecule has 1 aromatic carbocycles. The Morgan fingerprint density at radius 2 is 2.28 bits per heavy atom. The molecule has 1 aromatic heterocycles. The highest BCUT2D eigenvalue weighted by molar-refractivity contribution is 9.10. The zero-order valence-corrected chi connectivity index (χ0v) is 10.1. The summed E-state index contributed by atoms with van der Waals surface area (Å²) in [5, 5.41) is 23.1. The molecule has 0 spiro atoms. The van der Waals surface area contributed by atoms with E-state index in [1.807, 2.05) is 0 Å². The minimum Gasteiger partial charge on any atom is -0.258 e. The average Bonchev–Trinajstić information content (AvgIpc) is 2.80. The molecule has 0 aliphatic rings. The Balaban J connectivity index is 2.66. The molecule has 0 atom stereocenters. The fourth-order valence-electron chi connectivity index (χ4n) is 1.29. The van der Waals surface area contributed by atoms with Crippen molar-refractivity contribution in [1.82, 2.24) is 14.8 Å². The lowest BCUT2D eigenvalue weighted by Crippen LogP contribution is -2.02. The van der Waals surface area contributed by atoms with Crippen molar-refractivity contribution >= 4 is 21.6 Å². The van der Waals surface area contributed by atoms with Crippen LogP contribution in [-0.2, 0) is 0 Å². The predicted molar refractivity (Wildman–Crippen MR) is 60.4 cm³/mol. The van der Waals surface area contributed by atoms with E-state index in [1.165, 1.54) is 0 Å². The van der Waals surface area contributed by atoms with Crippen LogP contribution in [0.5, 0.6) is 0 Å². The molecule has 0 N–H and O–H groups in total. The number of nitriles is 1. The van der Waals surface area contributed by atoms with E-state index in [4.69, 9.17) is 5.26 Å². The molecule has 0 aliphatic carbocycles. The lowest BCUT2D eigenvalue weighted by Gasteiger charge is -2.03. The van der Waals surface area contributed by atoms with Crippen LogP contribution in [0, 0.1) is 27.3 Å². The average molecular weight is 312 g/mol. The monoisotopic (exact) mass is 311 g/mol. The summed E-state index contributed by atoms with van der Waals surface area (Å²) in [4.78, 5) is 13.8. The molecule has 90 valence electrons. The first-order valence-corrected chi connectivity index (χ1v) is 5.28. The fourth-order valence-corrected chi connectivity index (χ4v) is 1.62. The fraction of sp³-hybridized carbons (Fsp3) is 0.